The Bertz CT molecular complexity index is 821. The Morgan fingerprint density at radius 3 is 2.24 bits per heavy atom. The summed E-state index contributed by atoms with van der Waals surface area (Å²) in [5.74, 6) is 1.44. The van der Waals surface area contributed by atoms with Crippen LogP contribution in [-0.2, 0) is 0 Å². The Morgan fingerprint density at radius 1 is 0.720 bits per heavy atom. The van der Waals surface area contributed by atoms with E-state index in [1.807, 2.05) is 60.7 Å². The van der Waals surface area contributed by atoms with Crippen molar-refractivity contribution < 1.29 is 19.7 Å². The van der Waals surface area contributed by atoms with Gasteiger partial charge in [-0.2, -0.15) is 0 Å². The minimum atomic E-state index is -0.0491. The molecule has 0 heterocycles. The second-order valence-electron chi connectivity index (χ2n) is 5.30. The van der Waals surface area contributed by atoms with Gasteiger partial charge in [0.2, 0.25) is 0 Å². The third kappa shape index (κ3) is 4.25. The average Bonchev–Trinajstić information content (AvgIpc) is 2.66. The lowest BCUT2D eigenvalue weighted by molar-refractivity contribution is 0.199. The average molecular weight is 356 g/mol. The van der Waals surface area contributed by atoms with Gasteiger partial charge in [-0.05, 0) is 30.3 Å². The highest BCUT2D eigenvalue weighted by molar-refractivity contribution is 7.99. The summed E-state index contributed by atoms with van der Waals surface area (Å²) < 4.78 is 11.5. The number of hydrogen-bond donors (Lipinski definition) is 2. The molecular weight excluding hydrogens is 336 g/mol. The third-order valence-electron chi connectivity index (χ3n) is 3.59. The maximum absolute atomic E-state index is 9.17. The van der Waals surface area contributed by atoms with Crippen molar-refractivity contribution in [3.8, 4) is 11.5 Å². The van der Waals surface area contributed by atoms with Crippen LogP contribution in [0.2, 0.25) is 0 Å². The van der Waals surface area contributed by atoms with Crippen molar-refractivity contribution in [3.63, 3.8) is 0 Å². The molecule has 0 aromatic heterocycles. The number of aliphatic hydroxyl groups excluding tert-OH is 2. The minimum Gasteiger partial charge on any atom is -0.491 e. The van der Waals surface area contributed by atoms with Crippen LogP contribution in [0.1, 0.15) is 0 Å². The topological polar surface area (TPSA) is 58.9 Å². The van der Waals surface area contributed by atoms with Crippen LogP contribution in [0.3, 0.4) is 0 Å². The fraction of sp³-hybridized carbons (Fsp3) is 0.200. The van der Waals surface area contributed by atoms with Gasteiger partial charge in [0.1, 0.15) is 24.7 Å². The van der Waals surface area contributed by atoms with Crippen LogP contribution in [-0.4, -0.2) is 36.6 Å². The summed E-state index contributed by atoms with van der Waals surface area (Å²) in [4.78, 5) is 2.09. The fourth-order valence-corrected chi connectivity index (χ4v) is 3.50. The molecule has 2 N–H and O–H groups in total. The molecule has 3 aromatic rings. The van der Waals surface area contributed by atoms with Gasteiger partial charge in [0.15, 0.2) is 0 Å². The van der Waals surface area contributed by atoms with E-state index in [1.165, 1.54) is 0 Å². The Balaban J connectivity index is 2.04. The van der Waals surface area contributed by atoms with Crippen molar-refractivity contribution >= 4 is 22.5 Å². The number of hydrogen-bond acceptors (Lipinski definition) is 5. The Morgan fingerprint density at radius 2 is 1.48 bits per heavy atom. The Hall–Kier alpha value is -2.21. The maximum atomic E-state index is 9.17. The van der Waals surface area contributed by atoms with E-state index in [9.17, 15) is 0 Å². The summed E-state index contributed by atoms with van der Waals surface area (Å²) in [6.45, 7) is 0.383. The number of fused-ring (bicyclic) bond motifs is 1. The number of ether oxygens (including phenoxy) is 2. The van der Waals surface area contributed by atoms with Gasteiger partial charge in [0.25, 0.3) is 0 Å². The molecule has 0 radical (unpaired) electrons. The monoisotopic (exact) mass is 356 g/mol. The zero-order chi connectivity index (χ0) is 17.5. The maximum Gasteiger partial charge on any atom is 0.141 e. The summed E-state index contributed by atoms with van der Waals surface area (Å²) >= 11 is 1.62. The molecular formula is C20H20O4S. The SMILES string of the molecule is OCCOc1cccc2c(OCCO)c(Sc3ccccc3)ccc12. The predicted octanol–water partition coefficient (Wildman–Crippen LogP) is 3.73. The number of aliphatic hydroxyl groups is 2. The molecule has 0 aliphatic rings. The molecule has 3 rings (SSSR count). The summed E-state index contributed by atoms with van der Waals surface area (Å²) in [6, 6.07) is 19.8. The normalized spacial score (nSPS) is 10.8. The van der Waals surface area contributed by atoms with Crippen molar-refractivity contribution in [2.75, 3.05) is 26.4 Å². The van der Waals surface area contributed by atoms with Crippen LogP contribution in [0.4, 0.5) is 0 Å². The van der Waals surface area contributed by atoms with Gasteiger partial charge in [0, 0.05) is 15.7 Å². The molecule has 5 heteroatoms. The first kappa shape index (κ1) is 17.6. The van der Waals surface area contributed by atoms with Gasteiger partial charge in [-0.25, -0.2) is 0 Å². The molecule has 0 fully saturated rings. The van der Waals surface area contributed by atoms with Crippen molar-refractivity contribution in [2.45, 2.75) is 9.79 Å². The molecule has 4 nitrogen and oxygen atoms in total. The molecule has 130 valence electrons. The lowest BCUT2D eigenvalue weighted by Gasteiger charge is -2.15. The first-order valence-electron chi connectivity index (χ1n) is 8.09. The highest BCUT2D eigenvalue weighted by Crippen LogP contribution is 2.42. The molecule has 0 saturated heterocycles. The van der Waals surface area contributed by atoms with E-state index in [0.717, 1.165) is 26.3 Å². The van der Waals surface area contributed by atoms with E-state index >= 15 is 0 Å². The molecule has 0 unspecified atom stereocenters. The van der Waals surface area contributed by atoms with Crippen molar-refractivity contribution in [1.29, 1.82) is 0 Å². The van der Waals surface area contributed by atoms with E-state index in [0.29, 0.717) is 5.75 Å². The van der Waals surface area contributed by atoms with Gasteiger partial charge in [-0.1, -0.05) is 42.1 Å². The smallest absolute Gasteiger partial charge is 0.141 e. The molecule has 0 aliphatic carbocycles. The van der Waals surface area contributed by atoms with Gasteiger partial charge >= 0.3 is 0 Å². The zero-order valence-electron chi connectivity index (χ0n) is 13.7. The molecule has 0 saturated carbocycles. The van der Waals surface area contributed by atoms with Crippen molar-refractivity contribution in [2.24, 2.45) is 0 Å². The standard InChI is InChI=1S/C20H20O4S/c21-11-13-23-18-8-4-7-17-16(18)9-10-19(20(17)24-14-12-22)25-15-5-2-1-3-6-15/h1-10,21-22H,11-14H2. The highest BCUT2D eigenvalue weighted by atomic mass is 32.2. The lowest BCUT2D eigenvalue weighted by atomic mass is 10.1. The Kier molecular flexibility index (Phi) is 6.17. The van der Waals surface area contributed by atoms with Gasteiger partial charge < -0.3 is 19.7 Å². The van der Waals surface area contributed by atoms with E-state index in [-0.39, 0.29) is 26.4 Å². The molecule has 0 aliphatic heterocycles. The summed E-state index contributed by atoms with van der Waals surface area (Å²) in [7, 11) is 0. The predicted molar refractivity (Wildman–Crippen MR) is 99.7 cm³/mol. The summed E-state index contributed by atoms with van der Waals surface area (Å²) in [6.07, 6.45) is 0. The minimum absolute atomic E-state index is 0.0355. The zero-order valence-corrected chi connectivity index (χ0v) is 14.5. The molecule has 0 atom stereocenters. The molecule has 3 aromatic carbocycles. The second-order valence-corrected chi connectivity index (χ2v) is 6.42. The molecule has 0 spiro atoms. The van der Waals surface area contributed by atoms with Crippen molar-refractivity contribution in [3.05, 3.63) is 60.7 Å². The van der Waals surface area contributed by atoms with Crippen LogP contribution in [0.15, 0.2) is 70.5 Å². The first-order chi connectivity index (χ1) is 12.3. The number of benzene rings is 3. The van der Waals surface area contributed by atoms with Crippen LogP contribution >= 0.6 is 11.8 Å². The molecule has 25 heavy (non-hydrogen) atoms. The molecule has 0 amide bonds. The first-order valence-corrected chi connectivity index (χ1v) is 8.91. The van der Waals surface area contributed by atoms with E-state index in [4.69, 9.17) is 19.7 Å². The van der Waals surface area contributed by atoms with E-state index in [1.54, 1.807) is 11.8 Å². The van der Waals surface area contributed by atoms with Crippen LogP contribution in [0, 0.1) is 0 Å². The third-order valence-corrected chi connectivity index (χ3v) is 4.64. The quantitative estimate of drug-likeness (QED) is 0.644. The van der Waals surface area contributed by atoms with Crippen LogP contribution in [0.5, 0.6) is 11.5 Å². The van der Waals surface area contributed by atoms with Crippen LogP contribution < -0.4 is 9.47 Å². The second kappa shape index (κ2) is 8.76. The summed E-state index contributed by atoms with van der Waals surface area (Å²) in [5.41, 5.74) is 0. The van der Waals surface area contributed by atoms with E-state index < -0.39 is 0 Å². The fourth-order valence-electron chi connectivity index (χ4n) is 2.56. The number of rotatable bonds is 8. The largest absolute Gasteiger partial charge is 0.491 e. The van der Waals surface area contributed by atoms with Crippen LogP contribution in [0.25, 0.3) is 10.8 Å². The lowest BCUT2D eigenvalue weighted by Crippen LogP contribution is -2.04. The van der Waals surface area contributed by atoms with Gasteiger partial charge in [0.05, 0.1) is 18.1 Å². The van der Waals surface area contributed by atoms with Gasteiger partial charge in [-0.15, -0.1) is 0 Å². The highest BCUT2D eigenvalue weighted by Gasteiger charge is 2.13. The van der Waals surface area contributed by atoms with Gasteiger partial charge in [-0.3, -0.25) is 0 Å². The van der Waals surface area contributed by atoms with Crippen molar-refractivity contribution in [1.82, 2.24) is 0 Å². The molecule has 0 bridgehead atoms. The summed E-state index contributed by atoms with van der Waals surface area (Å²) in [5, 5.41) is 20.0. The van der Waals surface area contributed by atoms with E-state index in [2.05, 4.69) is 0 Å². The Labute approximate surface area is 151 Å².